The summed E-state index contributed by atoms with van der Waals surface area (Å²) in [6, 6.07) is 7.09. The Balaban J connectivity index is 2.74. The van der Waals surface area contributed by atoms with Crippen LogP contribution in [0.3, 0.4) is 0 Å². The third-order valence-corrected chi connectivity index (χ3v) is 2.09. The topological polar surface area (TPSA) is 92.4 Å². The number of hydrogen-bond donors (Lipinski definition) is 3. The lowest BCUT2D eigenvalue weighted by molar-refractivity contribution is -0.136. The number of carboxylic acid groups (broad SMARTS) is 1. The second-order valence-electron chi connectivity index (χ2n) is 3.30. The highest BCUT2D eigenvalue weighted by molar-refractivity contribution is 5.92. The predicted molar refractivity (Wildman–Crippen MR) is 60.1 cm³/mol. The van der Waals surface area contributed by atoms with Crippen molar-refractivity contribution in [3.8, 4) is 0 Å². The first-order valence-electron chi connectivity index (χ1n) is 4.93. The Morgan fingerprint density at radius 1 is 1.31 bits per heavy atom. The van der Waals surface area contributed by atoms with Crippen LogP contribution in [0.5, 0.6) is 0 Å². The molecule has 0 aliphatic rings. The second-order valence-corrected chi connectivity index (χ2v) is 3.30. The van der Waals surface area contributed by atoms with Gasteiger partial charge in [0.2, 0.25) is 5.91 Å². The number of aryl methyl sites for hydroxylation is 1. The van der Waals surface area contributed by atoms with Gasteiger partial charge >= 0.3 is 5.97 Å². The molecule has 0 spiro atoms. The zero-order valence-corrected chi connectivity index (χ0v) is 8.77. The minimum atomic E-state index is -0.861. The van der Waals surface area contributed by atoms with E-state index >= 15 is 0 Å². The van der Waals surface area contributed by atoms with Crippen LogP contribution in [0.4, 0.5) is 5.69 Å². The number of anilines is 1. The van der Waals surface area contributed by atoms with Crippen LogP contribution in [0, 0.1) is 0 Å². The summed E-state index contributed by atoms with van der Waals surface area (Å²) in [6.07, 6.45) is 0.422. The van der Waals surface area contributed by atoms with Crippen molar-refractivity contribution >= 4 is 17.6 Å². The van der Waals surface area contributed by atoms with Crippen LogP contribution < -0.4 is 11.1 Å². The minimum absolute atomic E-state index is 0.0372. The fourth-order valence-electron chi connectivity index (χ4n) is 1.30. The summed E-state index contributed by atoms with van der Waals surface area (Å²) in [5, 5.41) is 11.2. The second kappa shape index (κ2) is 5.87. The van der Waals surface area contributed by atoms with Gasteiger partial charge in [0, 0.05) is 12.1 Å². The van der Waals surface area contributed by atoms with Crippen LogP contribution in [0.25, 0.3) is 0 Å². The van der Waals surface area contributed by atoms with E-state index in [1.165, 1.54) is 0 Å². The van der Waals surface area contributed by atoms with Crippen LogP contribution in [-0.2, 0) is 16.0 Å². The van der Waals surface area contributed by atoms with E-state index in [0.29, 0.717) is 12.1 Å². The van der Waals surface area contributed by atoms with Crippen molar-refractivity contribution in [1.82, 2.24) is 0 Å². The van der Waals surface area contributed by atoms with Gasteiger partial charge in [0.1, 0.15) is 0 Å². The molecular formula is C11H14N2O3. The average Bonchev–Trinajstić information content (AvgIpc) is 2.27. The number of carboxylic acids is 1. The highest BCUT2D eigenvalue weighted by Crippen LogP contribution is 2.16. The monoisotopic (exact) mass is 222 g/mol. The van der Waals surface area contributed by atoms with Crippen LogP contribution in [0.15, 0.2) is 24.3 Å². The van der Waals surface area contributed by atoms with Gasteiger partial charge in [0.05, 0.1) is 6.54 Å². The van der Waals surface area contributed by atoms with E-state index in [0.717, 1.165) is 5.56 Å². The molecule has 0 radical (unpaired) electrons. The van der Waals surface area contributed by atoms with Crippen molar-refractivity contribution in [3.05, 3.63) is 29.8 Å². The molecule has 5 heteroatoms. The Bertz CT molecular complexity index is 391. The van der Waals surface area contributed by atoms with E-state index in [4.69, 9.17) is 10.8 Å². The van der Waals surface area contributed by atoms with Gasteiger partial charge in [-0.25, -0.2) is 0 Å². The molecule has 16 heavy (non-hydrogen) atoms. The number of nitrogens with one attached hydrogen (secondary N) is 1. The van der Waals surface area contributed by atoms with Crippen LogP contribution >= 0.6 is 0 Å². The number of hydrogen-bond acceptors (Lipinski definition) is 3. The molecule has 1 aromatic carbocycles. The van der Waals surface area contributed by atoms with Gasteiger partial charge in [-0.3, -0.25) is 9.59 Å². The number of amides is 1. The quantitative estimate of drug-likeness (QED) is 0.680. The van der Waals surface area contributed by atoms with Crippen molar-refractivity contribution in [2.24, 2.45) is 5.73 Å². The van der Waals surface area contributed by atoms with Crippen LogP contribution in [-0.4, -0.2) is 23.5 Å². The number of rotatable bonds is 5. The zero-order chi connectivity index (χ0) is 12.0. The molecule has 0 aromatic heterocycles. The maximum absolute atomic E-state index is 11.1. The molecule has 0 saturated carbocycles. The van der Waals surface area contributed by atoms with Crippen molar-refractivity contribution in [2.45, 2.75) is 12.8 Å². The van der Waals surface area contributed by atoms with Crippen molar-refractivity contribution in [2.75, 3.05) is 11.9 Å². The smallest absolute Gasteiger partial charge is 0.303 e. The molecule has 0 atom stereocenters. The molecule has 5 nitrogen and oxygen atoms in total. The summed E-state index contributed by atoms with van der Waals surface area (Å²) in [4.78, 5) is 21.6. The average molecular weight is 222 g/mol. The number of para-hydroxylation sites is 1. The van der Waals surface area contributed by atoms with Gasteiger partial charge in [-0.05, 0) is 18.1 Å². The lowest BCUT2D eigenvalue weighted by Crippen LogP contribution is -2.22. The molecule has 1 amide bonds. The van der Waals surface area contributed by atoms with Gasteiger partial charge in [-0.2, -0.15) is 0 Å². The Morgan fingerprint density at radius 3 is 2.62 bits per heavy atom. The van der Waals surface area contributed by atoms with Crippen molar-refractivity contribution in [1.29, 1.82) is 0 Å². The summed E-state index contributed by atoms with van der Waals surface area (Å²) in [7, 11) is 0. The molecule has 0 heterocycles. The molecule has 0 aliphatic heterocycles. The summed E-state index contributed by atoms with van der Waals surface area (Å²) >= 11 is 0. The normalized spacial score (nSPS) is 9.81. The molecule has 0 unspecified atom stereocenters. The first-order valence-corrected chi connectivity index (χ1v) is 4.93. The number of benzene rings is 1. The molecule has 1 aromatic rings. The zero-order valence-electron chi connectivity index (χ0n) is 8.77. The predicted octanol–water partition coefficient (Wildman–Crippen LogP) is 0.601. The summed E-state index contributed by atoms with van der Waals surface area (Å²) in [6.45, 7) is -0.0900. The Labute approximate surface area is 93.3 Å². The first-order chi connectivity index (χ1) is 7.63. The highest BCUT2D eigenvalue weighted by Gasteiger charge is 2.06. The Morgan fingerprint density at radius 2 is 2.00 bits per heavy atom. The first kappa shape index (κ1) is 12.2. The Hall–Kier alpha value is -1.88. The minimum Gasteiger partial charge on any atom is -0.481 e. The largest absolute Gasteiger partial charge is 0.481 e. The van der Waals surface area contributed by atoms with Crippen LogP contribution in [0.2, 0.25) is 0 Å². The highest BCUT2D eigenvalue weighted by atomic mass is 16.4. The molecule has 0 aliphatic carbocycles. The number of carbonyl (C=O) groups excluding carboxylic acids is 1. The van der Waals surface area contributed by atoms with E-state index in [2.05, 4.69) is 5.32 Å². The van der Waals surface area contributed by atoms with Crippen molar-refractivity contribution in [3.63, 3.8) is 0 Å². The lowest BCUT2D eigenvalue weighted by Gasteiger charge is -2.09. The Kier molecular flexibility index (Phi) is 4.47. The molecule has 86 valence electrons. The number of nitrogens with two attached hydrogens (primary N) is 1. The van der Waals surface area contributed by atoms with E-state index in [-0.39, 0.29) is 18.9 Å². The van der Waals surface area contributed by atoms with Gasteiger partial charge in [-0.1, -0.05) is 18.2 Å². The van der Waals surface area contributed by atoms with E-state index < -0.39 is 5.97 Å². The van der Waals surface area contributed by atoms with E-state index in [9.17, 15) is 9.59 Å². The summed E-state index contributed by atoms with van der Waals surface area (Å²) in [5.41, 5.74) is 6.61. The SMILES string of the molecule is NCC(=O)Nc1ccccc1CCC(=O)O. The van der Waals surface area contributed by atoms with E-state index in [1.807, 2.05) is 0 Å². The molecular weight excluding hydrogens is 208 g/mol. The molecule has 0 bridgehead atoms. The molecule has 4 N–H and O–H groups in total. The standard InChI is InChI=1S/C11H14N2O3/c12-7-10(14)13-9-4-2-1-3-8(9)5-6-11(15)16/h1-4H,5-7,12H2,(H,13,14)(H,15,16). The fraction of sp³-hybridized carbons (Fsp3) is 0.273. The van der Waals surface area contributed by atoms with Gasteiger partial charge in [0.25, 0.3) is 0 Å². The molecule has 0 saturated heterocycles. The number of aliphatic carboxylic acids is 1. The molecule has 0 fully saturated rings. The van der Waals surface area contributed by atoms with Gasteiger partial charge in [0.15, 0.2) is 0 Å². The lowest BCUT2D eigenvalue weighted by atomic mass is 10.1. The van der Waals surface area contributed by atoms with Gasteiger partial charge in [-0.15, -0.1) is 0 Å². The summed E-state index contributed by atoms with van der Waals surface area (Å²) in [5.74, 6) is -1.15. The maximum atomic E-state index is 11.1. The summed E-state index contributed by atoms with van der Waals surface area (Å²) < 4.78 is 0. The molecule has 1 rings (SSSR count). The third kappa shape index (κ3) is 3.70. The fourth-order valence-corrected chi connectivity index (χ4v) is 1.30. The number of carbonyl (C=O) groups is 2. The van der Waals surface area contributed by atoms with Crippen molar-refractivity contribution < 1.29 is 14.7 Å². The maximum Gasteiger partial charge on any atom is 0.303 e. The van der Waals surface area contributed by atoms with Gasteiger partial charge < -0.3 is 16.2 Å². The third-order valence-electron chi connectivity index (χ3n) is 2.09. The van der Waals surface area contributed by atoms with E-state index in [1.54, 1.807) is 24.3 Å². The van der Waals surface area contributed by atoms with Crippen LogP contribution in [0.1, 0.15) is 12.0 Å².